The average Bonchev–Trinajstić information content (AvgIpc) is 3.23. The van der Waals surface area contributed by atoms with E-state index in [9.17, 15) is 9.59 Å². The van der Waals surface area contributed by atoms with E-state index in [4.69, 9.17) is 5.73 Å². The Hall–Kier alpha value is -1.97. The highest BCUT2D eigenvalue weighted by Crippen LogP contribution is 2.30. The quantitative estimate of drug-likeness (QED) is 0.333. The standard InChI is InChI=1S/C17H15BrN4O2S2/c1-10(13-3-2-8-25-13)20-21-17(19)26-14-9-15(23)22(16(14)24)12-6-4-11(18)5-7-12/h2-8,14H,9H2,1H3,(H2,19,21)/b20-10+. The van der Waals surface area contributed by atoms with Crippen molar-refractivity contribution in [3.63, 3.8) is 0 Å². The first-order valence-electron chi connectivity index (χ1n) is 7.66. The number of rotatable bonds is 4. The number of carbonyl (C=O) groups is 2. The number of hydrogen-bond donors (Lipinski definition) is 1. The zero-order valence-electron chi connectivity index (χ0n) is 13.8. The highest BCUT2D eigenvalue weighted by atomic mass is 79.9. The van der Waals surface area contributed by atoms with Crippen molar-refractivity contribution in [2.24, 2.45) is 15.9 Å². The third-order valence-electron chi connectivity index (χ3n) is 3.63. The van der Waals surface area contributed by atoms with Crippen molar-refractivity contribution in [3.8, 4) is 0 Å². The topological polar surface area (TPSA) is 88.1 Å². The molecule has 1 aliphatic heterocycles. The molecular formula is C17H15BrN4O2S2. The van der Waals surface area contributed by atoms with E-state index in [0.29, 0.717) is 5.69 Å². The van der Waals surface area contributed by atoms with Crippen LogP contribution >= 0.6 is 39.0 Å². The molecule has 1 unspecified atom stereocenters. The molecule has 2 heterocycles. The number of thioether (sulfide) groups is 1. The van der Waals surface area contributed by atoms with Gasteiger partial charge in [0, 0.05) is 10.9 Å². The number of nitrogens with two attached hydrogens (primary N) is 1. The Morgan fingerprint density at radius 3 is 2.65 bits per heavy atom. The number of imide groups is 1. The largest absolute Gasteiger partial charge is 0.377 e. The number of carbonyl (C=O) groups excluding carboxylic acids is 2. The first-order valence-corrected chi connectivity index (χ1v) is 10.2. The van der Waals surface area contributed by atoms with Gasteiger partial charge in [0.1, 0.15) is 5.25 Å². The molecular weight excluding hydrogens is 436 g/mol. The molecule has 2 aromatic rings. The van der Waals surface area contributed by atoms with Crippen molar-refractivity contribution in [3.05, 3.63) is 51.1 Å². The number of nitrogens with zero attached hydrogens (tertiary/aromatic N) is 3. The van der Waals surface area contributed by atoms with E-state index in [1.165, 1.54) is 4.90 Å². The van der Waals surface area contributed by atoms with Crippen LogP contribution in [0, 0.1) is 0 Å². The summed E-state index contributed by atoms with van der Waals surface area (Å²) < 4.78 is 0.876. The molecule has 0 aliphatic carbocycles. The Morgan fingerprint density at radius 1 is 1.27 bits per heavy atom. The number of hydrogen-bond acceptors (Lipinski definition) is 6. The highest BCUT2D eigenvalue weighted by molar-refractivity contribution is 9.10. The summed E-state index contributed by atoms with van der Waals surface area (Å²) >= 11 is 5.96. The first kappa shape index (κ1) is 18.8. The molecule has 0 radical (unpaired) electrons. The number of benzene rings is 1. The van der Waals surface area contributed by atoms with Gasteiger partial charge in [0.05, 0.1) is 16.3 Å². The van der Waals surface area contributed by atoms with Crippen molar-refractivity contribution in [2.75, 3.05) is 4.90 Å². The van der Waals surface area contributed by atoms with E-state index in [-0.39, 0.29) is 23.4 Å². The summed E-state index contributed by atoms with van der Waals surface area (Å²) in [4.78, 5) is 27.0. The predicted octanol–water partition coefficient (Wildman–Crippen LogP) is 3.61. The minimum Gasteiger partial charge on any atom is -0.377 e. The van der Waals surface area contributed by atoms with Gasteiger partial charge < -0.3 is 5.73 Å². The van der Waals surface area contributed by atoms with Gasteiger partial charge in [-0.3, -0.25) is 9.59 Å². The van der Waals surface area contributed by atoms with Crippen LogP contribution in [0.1, 0.15) is 18.2 Å². The van der Waals surface area contributed by atoms with Gasteiger partial charge in [-0.2, -0.15) is 5.10 Å². The molecule has 9 heteroatoms. The summed E-state index contributed by atoms with van der Waals surface area (Å²) in [6.45, 7) is 1.84. The summed E-state index contributed by atoms with van der Waals surface area (Å²) in [5, 5.41) is 9.59. The van der Waals surface area contributed by atoms with E-state index in [1.54, 1.807) is 35.6 Å². The summed E-state index contributed by atoms with van der Waals surface area (Å²) in [5.41, 5.74) is 7.18. The van der Waals surface area contributed by atoms with Gasteiger partial charge in [-0.1, -0.05) is 33.8 Å². The molecule has 6 nitrogen and oxygen atoms in total. The van der Waals surface area contributed by atoms with Crippen LogP contribution in [0.4, 0.5) is 5.69 Å². The molecule has 2 amide bonds. The molecule has 1 aliphatic rings. The van der Waals surface area contributed by atoms with E-state index < -0.39 is 5.25 Å². The maximum absolute atomic E-state index is 12.6. The molecule has 3 rings (SSSR count). The Bertz CT molecular complexity index is 879. The van der Waals surface area contributed by atoms with Crippen molar-refractivity contribution >= 4 is 67.4 Å². The zero-order valence-corrected chi connectivity index (χ0v) is 17.0. The maximum Gasteiger partial charge on any atom is 0.247 e. The molecule has 26 heavy (non-hydrogen) atoms. The van der Waals surface area contributed by atoms with Gasteiger partial charge in [0.15, 0.2) is 5.17 Å². The minimum atomic E-state index is -0.591. The van der Waals surface area contributed by atoms with Crippen LogP contribution in [-0.2, 0) is 9.59 Å². The van der Waals surface area contributed by atoms with Crippen LogP contribution in [0.25, 0.3) is 0 Å². The van der Waals surface area contributed by atoms with E-state index in [0.717, 1.165) is 26.8 Å². The smallest absolute Gasteiger partial charge is 0.247 e. The number of amidine groups is 1. The summed E-state index contributed by atoms with van der Waals surface area (Å²) in [6, 6.07) is 10.9. The fourth-order valence-electron chi connectivity index (χ4n) is 2.38. The summed E-state index contributed by atoms with van der Waals surface area (Å²) in [7, 11) is 0. The molecule has 1 aromatic carbocycles. The van der Waals surface area contributed by atoms with Crippen LogP contribution in [-0.4, -0.2) is 27.9 Å². The number of thiophene rings is 1. The lowest BCUT2D eigenvalue weighted by atomic mass is 10.3. The fraction of sp³-hybridized carbons (Fsp3) is 0.176. The Balaban J connectivity index is 1.69. The van der Waals surface area contributed by atoms with Gasteiger partial charge in [0.25, 0.3) is 0 Å². The summed E-state index contributed by atoms with van der Waals surface area (Å²) in [6.07, 6.45) is 0.0867. The highest BCUT2D eigenvalue weighted by Gasteiger charge is 2.40. The van der Waals surface area contributed by atoms with E-state index in [2.05, 4.69) is 26.1 Å². The molecule has 1 fully saturated rings. The van der Waals surface area contributed by atoms with Crippen molar-refractivity contribution in [1.29, 1.82) is 0 Å². The van der Waals surface area contributed by atoms with E-state index in [1.807, 2.05) is 24.4 Å². The van der Waals surface area contributed by atoms with Crippen LogP contribution in [0.15, 0.2) is 56.5 Å². The van der Waals surface area contributed by atoms with Crippen LogP contribution in [0.5, 0.6) is 0 Å². The first-order chi connectivity index (χ1) is 12.5. The van der Waals surface area contributed by atoms with Gasteiger partial charge in [-0.05, 0) is 42.6 Å². The second-order valence-corrected chi connectivity index (χ2v) is 8.54. The molecule has 1 aromatic heterocycles. The Morgan fingerprint density at radius 2 is 2.00 bits per heavy atom. The number of amides is 2. The van der Waals surface area contributed by atoms with E-state index >= 15 is 0 Å². The Kier molecular flexibility index (Phi) is 5.90. The molecule has 2 N–H and O–H groups in total. The van der Waals surface area contributed by atoms with Crippen LogP contribution in [0.2, 0.25) is 0 Å². The SMILES string of the molecule is C/C(=N\N=C(/N)SC1CC(=O)N(c2ccc(Br)cc2)C1=O)c1cccs1. The van der Waals surface area contributed by atoms with Gasteiger partial charge in [-0.15, -0.1) is 16.4 Å². The third-order valence-corrected chi connectivity index (χ3v) is 6.11. The van der Waals surface area contributed by atoms with Crippen molar-refractivity contribution in [1.82, 2.24) is 0 Å². The molecule has 0 spiro atoms. The lowest BCUT2D eigenvalue weighted by molar-refractivity contribution is -0.121. The third kappa shape index (κ3) is 4.22. The fourth-order valence-corrected chi connectivity index (χ4v) is 4.13. The van der Waals surface area contributed by atoms with Gasteiger partial charge in [-0.25, -0.2) is 4.90 Å². The maximum atomic E-state index is 12.6. The normalized spacial score (nSPS) is 18.7. The second-order valence-electron chi connectivity index (χ2n) is 5.46. The lowest BCUT2D eigenvalue weighted by Gasteiger charge is -2.14. The molecule has 1 saturated heterocycles. The molecule has 0 saturated carbocycles. The van der Waals surface area contributed by atoms with Gasteiger partial charge in [0.2, 0.25) is 11.8 Å². The predicted molar refractivity (Wildman–Crippen MR) is 111 cm³/mol. The second kappa shape index (κ2) is 8.15. The summed E-state index contributed by atoms with van der Waals surface area (Å²) in [5.74, 6) is -0.541. The number of halogens is 1. The average molecular weight is 451 g/mol. The van der Waals surface area contributed by atoms with Crippen molar-refractivity contribution < 1.29 is 9.59 Å². The van der Waals surface area contributed by atoms with Gasteiger partial charge >= 0.3 is 0 Å². The Labute approximate surface area is 167 Å². The lowest BCUT2D eigenvalue weighted by Crippen LogP contribution is -2.31. The molecule has 1 atom stereocenters. The molecule has 0 bridgehead atoms. The van der Waals surface area contributed by atoms with Crippen LogP contribution < -0.4 is 10.6 Å². The van der Waals surface area contributed by atoms with Crippen molar-refractivity contribution in [2.45, 2.75) is 18.6 Å². The monoisotopic (exact) mass is 450 g/mol. The number of anilines is 1. The minimum absolute atomic E-state index is 0.0867. The van der Waals surface area contributed by atoms with Crippen LogP contribution in [0.3, 0.4) is 0 Å². The molecule has 134 valence electrons. The zero-order chi connectivity index (χ0) is 18.7.